The number of hydrogen-bond acceptors (Lipinski definition) is 2. The first-order valence-electron chi connectivity index (χ1n) is 12.1. The van der Waals surface area contributed by atoms with Crippen molar-refractivity contribution in [3.05, 3.63) is 0 Å². The number of nitrogens with zero attached hydrogens (tertiary/aromatic N) is 2. The first kappa shape index (κ1) is 23.5. The Hall–Kier alpha value is -0.530. The van der Waals surface area contributed by atoms with Crippen LogP contribution in [0, 0.1) is 0 Å². The highest BCUT2D eigenvalue weighted by atomic mass is 15.2. The van der Waals surface area contributed by atoms with Crippen LogP contribution < -0.4 is 0 Å². The van der Waals surface area contributed by atoms with Gasteiger partial charge in [0.15, 0.2) is 0 Å². The molecule has 0 radical (unpaired) electrons. The molecule has 1 aliphatic rings. The second-order valence-electron chi connectivity index (χ2n) is 8.55. The van der Waals surface area contributed by atoms with E-state index in [1.165, 1.54) is 116 Å². The molecule has 0 bridgehead atoms. The third-order valence-corrected chi connectivity index (χ3v) is 6.01. The highest BCUT2D eigenvalue weighted by Crippen LogP contribution is 2.15. The molecule has 1 heterocycles. The molecule has 0 aromatic heterocycles. The lowest BCUT2D eigenvalue weighted by Gasteiger charge is -2.22. The summed E-state index contributed by atoms with van der Waals surface area (Å²) in [5.74, 6) is 0. The highest BCUT2D eigenvalue weighted by Gasteiger charge is 2.12. The summed E-state index contributed by atoms with van der Waals surface area (Å²) in [6, 6.07) is 0.692. The van der Waals surface area contributed by atoms with Gasteiger partial charge in [-0.1, -0.05) is 116 Å². The summed E-state index contributed by atoms with van der Waals surface area (Å²) in [5, 5.41) is 0. The highest BCUT2D eigenvalue weighted by molar-refractivity contribution is 5.57. The Morgan fingerprint density at radius 3 is 1.50 bits per heavy atom. The third-order valence-electron chi connectivity index (χ3n) is 6.01. The molecule has 26 heavy (non-hydrogen) atoms. The topological polar surface area (TPSA) is 15.6 Å². The van der Waals surface area contributed by atoms with Crippen molar-refractivity contribution in [3.63, 3.8) is 0 Å². The summed E-state index contributed by atoms with van der Waals surface area (Å²) in [4.78, 5) is 6.72. The molecule has 0 spiro atoms. The lowest BCUT2D eigenvalue weighted by molar-refractivity contribution is 0.337. The van der Waals surface area contributed by atoms with E-state index in [1.807, 2.05) is 0 Å². The van der Waals surface area contributed by atoms with Crippen LogP contribution in [0.25, 0.3) is 0 Å². The maximum atomic E-state index is 4.31. The summed E-state index contributed by atoms with van der Waals surface area (Å²) >= 11 is 0. The van der Waals surface area contributed by atoms with Gasteiger partial charge in [0, 0.05) is 12.6 Å². The minimum atomic E-state index is 0.692. The van der Waals surface area contributed by atoms with Crippen molar-refractivity contribution < 1.29 is 0 Å². The molecule has 1 rings (SSSR count). The van der Waals surface area contributed by atoms with Crippen LogP contribution in [0.3, 0.4) is 0 Å². The first-order chi connectivity index (χ1) is 12.8. The van der Waals surface area contributed by atoms with Gasteiger partial charge in [-0.05, 0) is 13.3 Å². The molecule has 2 heteroatoms. The quantitative estimate of drug-likeness (QED) is 0.214. The van der Waals surface area contributed by atoms with Crippen LogP contribution in [0.1, 0.15) is 129 Å². The van der Waals surface area contributed by atoms with Gasteiger partial charge in [0.25, 0.3) is 0 Å². The Balaban J connectivity index is 1.69. The fraction of sp³-hybridized carbons (Fsp3) is 0.958. The van der Waals surface area contributed by atoms with E-state index in [1.54, 1.807) is 0 Å². The maximum absolute atomic E-state index is 4.31. The molecular formula is C24H48N2. The zero-order valence-electron chi connectivity index (χ0n) is 18.2. The van der Waals surface area contributed by atoms with Gasteiger partial charge in [-0.25, -0.2) is 0 Å². The number of unbranched alkanes of at least 4 members (excludes halogenated alkanes) is 16. The summed E-state index contributed by atoms with van der Waals surface area (Å²) in [5.41, 5.74) is 0. The summed E-state index contributed by atoms with van der Waals surface area (Å²) in [7, 11) is 0. The molecule has 0 aromatic carbocycles. The Kier molecular flexibility index (Phi) is 16.2. The molecule has 1 atom stereocenters. The van der Waals surface area contributed by atoms with Crippen LogP contribution in [0.4, 0.5) is 0 Å². The average Bonchev–Trinajstić information content (AvgIpc) is 3.19. The normalized spacial score (nSPS) is 15.1. The summed E-state index contributed by atoms with van der Waals surface area (Å²) < 4.78 is 0. The van der Waals surface area contributed by atoms with Crippen LogP contribution in [0.2, 0.25) is 0 Å². The van der Waals surface area contributed by atoms with Crippen molar-refractivity contribution in [1.82, 2.24) is 4.90 Å². The van der Waals surface area contributed by atoms with E-state index in [4.69, 9.17) is 0 Å². The largest absolute Gasteiger partial charge is 0.358 e. The zero-order valence-corrected chi connectivity index (χ0v) is 18.2. The van der Waals surface area contributed by atoms with Gasteiger partial charge in [0.05, 0.1) is 12.9 Å². The van der Waals surface area contributed by atoms with Crippen molar-refractivity contribution in [2.24, 2.45) is 4.99 Å². The molecule has 154 valence electrons. The van der Waals surface area contributed by atoms with Gasteiger partial charge in [0.2, 0.25) is 0 Å². The Bertz CT molecular complexity index is 313. The average molecular weight is 365 g/mol. The number of aliphatic imine (C=N–C) groups is 1. The van der Waals surface area contributed by atoms with E-state index < -0.39 is 0 Å². The maximum Gasteiger partial charge on any atom is 0.0853 e. The van der Waals surface area contributed by atoms with Crippen LogP contribution in [-0.4, -0.2) is 30.4 Å². The van der Waals surface area contributed by atoms with Gasteiger partial charge in [0.1, 0.15) is 0 Å². The minimum Gasteiger partial charge on any atom is -0.358 e. The third kappa shape index (κ3) is 13.6. The predicted octanol–water partition coefficient (Wildman–Crippen LogP) is 7.76. The van der Waals surface area contributed by atoms with Crippen LogP contribution in [-0.2, 0) is 0 Å². The number of hydrogen-bond donors (Lipinski definition) is 0. The molecule has 0 saturated carbocycles. The van der Waals surface area contributed by atoms with E-state index in [0.717, 1.165) is 13.1 Å². The lowest BCUT2D eigenvalue weighted by atomic mass is 10.0. The first-order valence-corrected chi connectivity index (χ1v) is 12.1. The second kappa shape index (κ2) is 17.9. The molecule has 2 nitrogen and oxygen atoms in total. The molecule has 0 aliphatic carbocycles. The molecular weight excluding hydrogens is 316 g/mol. The Morgan fingerprint density at radius 2 is 1.12 bits per heavy atom. The molecule has 1 aliphatic heterocycles. The van der Waals surface area contributed by atoms with Crippen molar-refractivity contribution in [1.29, 1.82) is 0 Å². The fourth-order valence-corrected chi connectivity index (χ4v) is 4.06. The smallest absolute Gasteiger partial charge is 0.0853 e. The van der Waals surface area contributed by atoms with Gasteiger partial charge < -0.3 is 4.90 Å². The monoisotopic (exact) mass is 364 g/mol. The molecule has 0 amide bonds. The van der Waals surface area contributed by atoms with Gasteiger partial charge >= 0.3 is 0 Å². The van der Waals surface area contributed by atoms with E-state index in [2.05, 4.69) is 30.1 Å². The molecule has 1 unspecified atom stereocenters. The van der Waals surface area contributed by atoms with Gasteiger partial charge in [-0.2, -0.15) is 0 Å². The standard InChI is InChI=1S/C24H48N2/c1-3-4-5-6-7-8-9-10-11-12-13-14-15-16-17-18-19-20-24(2)26-22-21-25-23-26/h23-24H,3-22H2,1-2H3. The van der Waals surface area contributed by atoms with E-state index >= 15 is 0 Å². The predicted molar refractivity (Wildman–Crippen MR) is 118 cm³/mol. The van der Waals surface area contributed by atoms with Crippen LogP contribution in [0.5, 0.6) is 0 Å². The summed E-state index contributed by atoms with van der Waals surface area (Å²) in [6.45, 7) is 6.79. The minimum absolute atomic E-state index is 0.692. The molecule has 0 aromatic rings. The molecule has 0 saturated heterocycles. The zero-order chi connectivity index (χ0) is 18.7. The SMILES string of the molecule is CCCCCCCCCCCCCCCCCCCC(C)N1C=NCC1. The van der Waals surface area contributed by atoms with Crippen LogP contribution in [0.15, 0.2) is 4.99 Å². The van der Waals surface area contributed by atoms with E-state index in [0.29, 0.717) is 6.04 Å². The summed E-state index contributed by atoms with van der Waals surface area (Å²) in [6.07, 6.45) is 28.1. The lowest BCUT2D eigenvalue weighted by Crippen LogP contribution is -2.30. The van der Waals surface area contributed by atoms with Crippen molar-refractivity contribution in [2.45, 2.75) is 135 Å². The Labute approximate surface area is 165 Å². The Morgan fingerprint density at radius 1 is 0.692 bits per heavy atom. The number of rotatable bonds is 19. The molecule has 0 fully saturated rings. The van der Waals surface area contributed by atoms with Gasteiger partial charge in [-0.15, -0.1) is 0 Å². The van der Waals surface area contributed by atoms with Crippen molar-refractivity contribution in [3.8, 4) is 0 Å². The van der Waals surface area contributed by atoms with Gasteiger partial charge in [-0.3, -0.25) is 4.99 Å². The molecule has 0 N–H and O–H groups in total. The van der Waals surface area contributed by atoms with E-state index in [9.17, 15) is 0 Å². The van der Waals surface area contributed by atoms with Crippen molar-refractivity contribution >= 4 is 6.34 Å². The van der Waals surface area contributed by atoms with Crippen molar-refractivity contribution in [2.75, 3.05) is 13.1 Å². The van der Waals surface area contributed by atoms with Crippen LogP contribution >= 0.6 is 0 Å². The van der Waals surface area contributed by atoms with E-state index in [-0.39, 0.29) is 0 Å². The fourth-order valence-electron chi connectivity index (χ4n) is 4.06. The second-order valence-corrected chi connectivity index (χ2v) is 8.55.